The van der Waals surface area contributed by atoms with Crippen LogP contribution < -0.4 is 5.43 Å². The zero-order chi connectivity index (χ0) is 17.0. The highest BCUT2D eigenvalue weighted by Gasteiger charge is 2.17. The van der Waals surface area contributed by atoms with Gasteiger partial charge in [-0.3, -0.25) is 4.79 Å². The topological polar surface area (TPSA) is 63.6 Å². The first-order valence-electron chi connectivity index (χ1n) is 7.30. The van der Waals surface area contributed by atoms with E-state index in [9.17, 15) is 13.6 Å². The molecule has 5 nitrogen and oxygen atoms in total. The van der Waals surface area contributed by atoms with Crippen molar-refractivity contribution >= 4 is 21.9 Å². The lowest BCUT2D eigenvalue weighted by Crippen LogP contribution is -2.07. The van der Waals surface area contributed by atoms with Gasteiger partial charge in [0.2, 0.25) is 5.43 Å². The van der Waals surface area contributed by atoms with E-state index in [1.54, 1.807) is 13.0 Å². The normalized spacial score (nSPS) is 11.5. The van der Waals surface area contributed by atoms with Gasteiger partial charge in [0.1, 0.15) is 5.65 Å². The van der Waals surface area contributed by atoms with Gasteiger partial charge in [-0.05, 0) is 32.0 Å². The summed E-state index contributed by atoms with van der Waals surface area (Å²) in [5.74, 6) is -1.54. The molecule has 0 aliphatic carbocycles. The van der Waals surface area contributed by atoms with Crippen LogP contribution in [-0.4, -0.2) is 19.7 Å². The maximum Gasteiger partial charge on any atom is 0.200 e. The van der Waals surface area contributed by atoms with Crippen LogP contribution in [0.4, 0.5) is 8.78 Å². The number of aryl methyl sites for hydroxylation is 2. The molecule has 0 saturated carbocycles. The van der Waals surface area contributed by atoms with Crippen molar-refractivity contribution in [1.29, 1.82) is 0 Å². The van der Waals surface area contributed by atoms with Gasteiger partial charge in [-0.1, -0.05) is 6.07 Å². The molecule has 7 heteroatoms. The van der Waals surface area contributed by atoms with E-state index in [1.807, 2.05) is 19.1 Å². The van der Waals surface area contributed by atoms with Gasteiger partial charge in [-0.15, -0.1) is 0 Å². The SMILES string of the molecule is Cc1cccc(-n2nc(C)c3c(=O)c4cc(F)c(F)cc4[nH]c32)n1. The standard InChI is InChI=1S/C17H12F2N4O/c1-8-4-3-5-14(20-8)23-17-15(9(2)22-23)16(24)10-6-11(18)12(19)7-13(10)21-17/h3-7H,1-2H3,(H,21,24). The van der Waals surface area contributed by atoms with Crippen molar-refractivity contribution in [2.45, 2.75) is 13.8 Å². The van der Waals surface area contributed by atoms with Crippen molar-refractivity contribution < 1.29 is 8.78 Å². The highest BCUT2D eigenvalue weighted by molar-refractivity contribution is 5.92. The minimum Gasteiger partial charge on any atom is -0.339 e. The summed E-state index contributed by atoms with van der Waals surface area (Å²) in [4.78, 5) is 20.1. The molecular weight excluding hydrogens is 314 g/mol. The summed E-state index contributed by atoms with van der Waals surface area (Å²) in [5.41, 5.74) is 1.50. The second kappa shape index (κ2) is 4.95. The molecule has 0 amide bonds. The molecule has 0 saturated heterocycles. The molecule has 1 N–H and O–H groups in total. The second-order valence-corrected chi connectivity index (χ2v) is 5.62. The zero-order valence-corrected chi connectivity index (χ0v) is 12.9. The lowest BCUT2D eigenvalue weighted by molar-refractivity contribution is 0.510. The molecule has 0 bridgehead atoms. The van der Waals surface area contributed by atoms with Gasteiger partial charge in [0, 0.05) is 17.1 Å². The Kier molecular flexibility index (Phi) is 2.99. The van der Waals surface area contributed by atoms with E-state index >= 15 is 0 Å². The lowest BCUT2D eigenvalue weighted by atomic mass is 10.1. The number of aromatic nitrogens is 4. The molecule has 0 fully saturated rings. The number of nitrogens with zero attached hydrogens (tertiary/aromatic N) is 3. The average Bonchev–Trinajstić information content (AvgIpc) is 2.87. The van der Waals surface area contributed by atoms with Crippen LogP contribution in [-0.2, 0) is 0 Å². The molecule has 3 heterocycles. The molecule has 120 valence electrons. The van der Waals surface area contributed by atoms with E-state index in [2.05, 4.69) is 15.1 Å². The number of rotatable bonds is 1. The quantitative estimate of drug-likeness (QED) is 0.584. The molecule has 0 unspecified atom stereocenters. The summed E-state index contributed by atoms with van der Waals surface area (Å²) in [7, 11) is 0. The molecule has 4 aromatic rings. The first kappa shape index (κ1) is 14.5. The first-order valence-corrected chi connectivity index (χ1v) is 7.30. The Morgan fingerprint density at radius 1 is 1.12 bits per heavy atom. The van der Waals surface area contributed by atoms with Crippen LogP contribution >= 0.6 is 0 Å². The Bertz CT molecular complexity index is 1180. The molecule has 24 heavy (non-hydrogen) atoms. The third-order valence-corrected chi connectivity index (χ3v) is 3.94. The highest BCUT2D eigenvalue weighted by atomic mass is 19.2. The Balaban J connectivity index is 2.15. The van der Waals surface area contributed by atoms with Gasteiger partial charge in [0.05, 0.1) is 16.6 Å². The number of nitrogens with one attached hydrogen (secondary N) is 1. The Labute approximate surface area is 134 Å². The maximum absolute atomic E-state index is 13.5. The van der Waals surface area contributed by atoms with Gasteiger partial charge >= 0.3 is 0 Å². The zero-order valence-electron chi connectivity index (χ0n) is 12.9. The number of pyridine rings is 2. The number of benzene rings is 1. The number of H-pyrrole nitrogens is 1. The van der Waals surface area contributed by atoms with Crippen molar-refractivity contribution in [1.82, 2.24) is 19.7 Å². The summed E-state index contributed by atoms with van der Waals surface area (Å²) in [6, 6.07) is 7.31. The lowest BCUT2D eigenvalue weighted by Gasteiger charge is -2.05. The van der Waals surface area contributed by atoms with Gasteiger partial charge in [-0.25, -0.2) is 13.8 Å². The van der Waals surface area contributed by atoms with E-state index in [4.69, 9.17) is 0 Å². The van der Waals surface area contributed by atoms with Crippen LogP contribution in [0, 0.1) is 25.5 Å². The number of fused-ring (bicyclic) bond motifs is 2. The molecule has 4 rings (SSSR count). The molecular formula is C17H12F2N4O. The number of hydrogen-bond acceptors (Lipinski definition) is 3. The average molecular weight is 326 g/mol. The Hall–Kier alpha value is -3.09. The number of aromatic amines is 1. The van der Waals surface area contributed by atoms with Crippen molar-refractivity contribution in [3.63, 3.8) is 0 Å². The van der Waals surface area contributed by atoms with Crippen LogP contribution in [0.1, 0.15) is 11.4 Å². The minimum atomic E-state index is -1.06. The third-order valence-electron chi connectivity index (χ3n) is 3.94. The van der Waals surface area contributed by atoms with E-state index in [-0.39, 0.29) is 10.9 Å². The van der Waals surface area contributed by atoms with Crippen LogP contribution in [0.2, 0.25) is 0 Å². The smallest absolute Gasteiger partial charge is 0.200 e. The molecule has 3 aromatic heterocycles. The second-order valence-electron chi connectivity index (χ2n) is 5.62. The van der Waals surface area contributed by atoms with Gasteiger partial charge in [0.25, 0.3) is 0 Å². The molecule has 0 atom stereocenters. The number of halogens is 2. The van der Waals surface area contributed by atoms with E-state index < -0.39 is 17.1 Å². The fourth-order valence-corrected chi connectivity index (χ4v) is 2.83. The minimum absolute atomic E-state index is 0.0845. The third kappa shape index (κ3) is 2.01. The van der Waals surface area contributed by atoms with Crippen molar-refractivity contribution in [2.24, 2.45) is 0 Å². The fraction of sp³-hybridized carbons (Fsp3) is 0.118. The molecule has 0 aliphatic rings. The van der Waals surface area contributed by atoms with E-state index in [0.717, 1.165) is 17.8 Å². The highest BCUT2D eigenvalue weighted by Crippen LogP contribution is 2.21. The van der Waals surface area contributed by atoms with E-state index in [1.165, 1.54) is 4.68 Å². The van der Waals surface area contributed by atoms with Crippen LogP contribution in [0.25, 0.3) is 27.8 Å². The summed E-state index contributed by atoms with van der Waals surface area (Å²) in [5, 5.41) is 4.78. The largest absolute Gasteiger partial charge is 0.339 e. The summed E-state index contributed by atoms with van der Waals surface area (Å²) < 4.78 is 28.5. The molecule has 0 radical (unpaired) electrons. The van der Waals surface area contributed by atoms with Crippen LogP contribution in [0.15, 0.2) is 35.1 Å². The fourth-order valence-electron chi connectivity index (χ4n) is 2.83. The molecule has 0 spiro atoms. The van der Waals surface area contributed by atoms with Gasteiger partial charge in [0.15, 0.2) is 17.5 Å². The first-order chi connectivity index (χ1) is 11.5. The van der Waals surface area contributed by atoms with Crippen LogP contribution in [0.3, 0.4) is 0 Å². The molecule has 1 aromatic carbocycles. The summed E-state index contributed by atoms with van der Waals surface area (Å²) >= 11 is 0. The van der Waals surface area contributed by atoms with Crippen molar-refractivity contribution in [3.05, 3.63) is 63.6 Å². The van der Waals surface area contributed by atoms with Crippen LogP contribution in [0.5, 0.6) is 0 Å². The van der Waals surface area contributed by atoms with E-state index in [0.29, 0.717) is 22.5 Å². The summed E-state index contributed by atoms with van der Waals surface area (Å²) in [6.07, 6.45) is 0. The Morgan fingerprint density at radius 2 is 1.88 bits per heavy atom. The predicted molar refractivity (Wildman–Crippen MR) is 86.4 cm³/mol. The predicted octanol–water partition coefficient (Wildman–Crippen LogP) is 3.16. The Morgan fingerprint density at radius 3 is 2.62 bits per heavy atom. The van der Waals surface area contributed by atoms with Crippen molar-refractivity contribution in [2.75, 3.05) is 0 Å². The van der Waals surface area contributed by atoms with Crippen molar-refractivity contribution in [3.8, 4) is 5.82 Å². The summed E-state index contributed by atoms with van der Waals surface area (Å²) in [6.45, 7) is 3.54. The monoisotopic (exact) mass is 326 g/mol. The molecule has 0 aliphatic heterocycles. The number of hydrogen-bond donors (Lipinski definition) is 1. The van der Waals surface area contributed by atoms with Gasteiger partial charge in [-0.2, -0.15) is 9.78 Å². The maximum atomic E-state index is 13.5. The van der Waals surface area contributed by atoms with Gasteiger partial charge < -0.3 is 4.98 Å².